The number of nitrogens with zero attached hydrogens (tertiary/aromatic N) is 1. The Morgan fingerprint density at radius 3 is 2.75 bits per heavy atom. The molecule has 0 saturated heterocycles. The first-order valence-corrected chi connectivity index (χ1v) is 8.25. The van der Waals surface area contributed by atoms with E-state index in [2.05, 4.69) is 10.3 Å². The third-order valence-electron chi connectivity index (χ3n) is 3.45. The minimum atomic E-state index is -0.474. The summed E-state index contributed by atoms with van der Waals surface area (Å²) in [5.74, 6) is -0.994. The van der Waals surface area contributed by atoms with Gasteiger partial charge in [-0.2, -0.15) is 0 Å². The number of aromatic nitrogens is 1. The van der Waals surface area contributed by atoms with Gasteiger partial charge in [0.05, 0.1) is 22.0 Å². The minimum absolute atomic E-state index is 0.105. The lowest BCUT2D eigenvalue weighted by atomic mass is 10.1. The van der Waals surface area contributed by atoms with Crippen molar-refractivity contribution in [2.24, 2.45) is 0 Å². The van der Waals surface area contributed by atoms with Crippen LogP contribution in [0.3, 0.4) is 0 Å². The highest BCUT2D eigenvalue weighted by Gasteiger charge is 2.09. The molecule has 1 aromatic heterocycles. The molecule has 0 spiro atoms. The van der Waals surface area contributed by atoms with Crippen molar-refractivity contribution in [3.8, 4) is 0 Å². The van der Waals surface area contributed by atoms with Gasteiger partial charge in [-0.05, 0) is 48.9 Å². The molecule has 0 radical (unpaired) electrons. The van der Waals surface area contributed by atoms with Crippen LogP contribution in [0.5, 0.6) is 0 Å². The lowest BCUT2D eigenvalue weighted by Gasteiger charge is -2.08. The molecule has 0 aliphatic carbocycles. The molecule has 1 N–H and O–H groups in total. The Labute approximate surface area is 142 Å². The van der Waals surface area contributed by atoms with Crippen LogP contribution in [0, 0.1) is 18.6 Å². The minimum Gasteiger partial charge on any atom is -0.323 e. The molecule has 122 valence electrons. The fourth-order valence-electron chi connectivity index (χ4n) is 2.30. The Balaban J connectivity index is 1.70. The van der Waals surface area contributed by atoms with E-state index >= 15 is 0 Å². The van der Waals surface area contributed by atoms with Crippen LogP contribution in [-0.2, 0) is 4.79 Å². The van der Waals surface area contributed by atoms with Gasteiger partial charge in [-0.3, -0.25) is 4.79 Å². The summed E-state index contributed by atoms with van der Waals surface area (Å²) >= 11 is 1.25. The molecule has 3 aromatic rings. The van der Waals surface area contributed by atoms with Gasteiger partial charge in [0.25, 0.3) is 0 Å². The number of hydrogen-bond acceptors (Lipinski definition) is 3. The molecule has 3 nitrogen and oxygen atoms in total. The highest BCUT2D eigenvalue weighted by Crippen LogP contribution is 2.24. The van der Waals surface area contributed by atoms with Crippen LogP contribution in [0.4, 0.5) is 14.5 Å². The molecular weight excluding hydrogens is 330 g/mol. The Bertz CT molecular complexity index is 915. The number of fused-ring (bicyclic) bond motifs is 1. The van der Waals surface area contributed by atoms with E-state index in [1.54, 1.807) is 18.2 Å². The van der Waals surface area contributed by atoms with Crippen LogP contribution < -0.4 is 5.32 Å². The maximum absolute atomic E-state index is 13.5. The first kappa shape index (κ1) is 16.4. The molecule has 0 unspecified atom stereocenters. The molecule has 24 heavy (non-hydrogen) atoms. The maximum atomic E-state index is 13.5. The molecule has 3 rings (SSSR count). The van der Waals surface area contributed by atoms with E-state index < -0.39 is 5.82 Å². The number of nitrogens with one attached hydrogen (secondary N) is 1. The molecule has 1 amide bonds. The van der Waals surface area contributed by atoms with E-state index in [1.807, 2.05) is 13.0 Å². The number of rotatable bonds is 4. The number of pyridine rings is 1. The predicted molar refractivity (Wildman–Crippen MR) is 92.2 cm³/mol. The van der Waals surface area contributed by atoms with Gasteiger partial charge in [0.15, 0.2) is 0 Å². The second kappa shape index (κ2) is 6.97. The third-order valence-corrected chi connectivity index (χ3v) is 4.36. The van der Waals surface area contributed by atoms with Crippen LogP contribution in [0.15, 0.2) is 53.6 Å². The van der Waals surface area contributed by atoms with Crippen LogP contribution in [0.25, 0.3) is 10.9 Å². The third kappa shape index (κ3) is 3.71. The molecular formula is C18H14F2N2OS. The number of para-hydroxylation sites is 1. The summed E-state index contributed by atoms with van der Waals surface area (Å²) in [6.45, 7) is 1.87. The number of amides is 1. The number of hydrogen-bond donors (Lipinski definition) is 1. The lowest BCUT2D eigenvalue weighted by Crippen LogP contribution is -2.15. The largest absolute Gasteiger partial charge is 0.323 e. The molecule has 2 aromatic carbocycles. The van der Waals surface area contributed by atoms with Crippen LogP contribution in [-0.4, -0.2) is 16.6 Å². The monoisotopic (exact) mass is 344 g/mol. The standard InChI is InChI=1S/C18H14F2N2OS/c1-11-8-18(22-15-7-6-12(19)9-13(11)15)24-10-17(23)21-16-5-3-2-4-14(16)20/h2-9H,10H2,1H3,(H,21,23). The van der Waals surface area contributed by atoms with E-state index in [1.165, 1.54) is 36.0 Å². The average Bonchev–Trinajstić information content (AvgIpc) is 2.56. The number of anilines is 1. The molecule has 6 heteroatoms. The number of halogens is 2. The first-order valence-electron chi connectivity index (χ1n) is 7.27. The van der Waals surface area contributed by atoms with Crippen molar-refractivity contribution in [3.63, 3.8) is 0 Å². The van der Waals surface area contributed by atoms with E-state index in [9.17, 15) is 13.6 Å². The zero-order valence-corrected chi connectivity index (χ0v) is 13.7. The lowest BCUT2D eigenvalue weighted by molar-refractivity contribution is -0.113. The van der Waals surface area contributed by atoms with Crippen molar-refractivity contribution in [2.45, 2.75) is 11.9 Å². The quantitative estimate of drug-likeness (QED) is 0.706. The van der Waals surface area contributed by atoms with Gasteiger partial charge >= 0.3 is 0 Å². The van der Waals surface area contributed by atoms with Crippen molar-refractivity contribution in [3.05, 3.63) is 65.7 Å². The van der Waals surface area contributed by atoms with Crippen molar-refractivity contribution in [2.75, 3.05) is 11.1 Å². The van der Waals surface area contributed by atoms with E-state index in [0.29, 0.717) is 10.5 Å². The summed E-state index contributed by atoms with van der Waals surface area (Å²) in [7, 11) is 0. The van der Waals surface area contributed by atoms with Crippen LogP contribution >= 0.6 is 11.8 Å². The zero-order chi connectivity index (χ0) is 17.1. The summed E-state index contributed by atoms with van der Waals surface area (Å²) in [4.78, 5) is 16.4. The number of aryl methyl sites for hydroxylation is 1. The highest BCUT2D eigenvalue weighted by molar-refractivity contribution is 7.99. The molecule has 0 bridgehead atoms. The highest BCUT2D eigenvalue weighted by atomic mass is 32.2. The second-order valence-corrected chi connectivity index (χ2v) is 6.25. The summed E-state index contributed by atoms with van der Waals surface area (Å²) < 4.78 is 26.8. The predicted octanol–water partition coefficient (Wildman–Crippen LogP) is 4.55. The van der Waals surface area contributed by atoms with Crippen molar-refractivity contribution >= 4 is 34.3 Å². The van der Waals surface area contributed by atoms with Gasteiger partial charge in [-0.25, -0.2) is 13.8 Å². The van der Waals surface area contributed by atoms with Crippen LogP contribution in [0.1, 0.15) is 5.56 Å². The summed E-state index contributed by atoms with van der Waals surface area (Å²) in [6, 6.07) is 12.2. The fraction of sp³-hybridized carbons (Fsp3) is 0.111. The van der Waals surface area contributed by atoms with Gasteiger partial charge in [0.1, 0.15) is 11.6 Å². The summed E-state index contributed by atoms with van der Waals surface area (Å²) in [5, 5.41) is 3.94. The van der Waals surface area contributed by atoms with Gasteiger partial charge in [0, 0.05) is 5.39 Å². The SMILES string of the molecule is Cc1cc(SCC(=O)Nc2ccccc2F)nc2ccc(F)cc12. The fourth-order valence-corrected chi connectivity index (χ4v) is 3.07. The summed E-state index contributed by atoms with van der Waals surface area (Å²) in [6.07, 6.45) is 0. The smallest absolute Gasteiger partial charge is 0.234 e. The van der Waals surface area contributed by atoms with Gasteiger partial charge in [-0.15, -0.1) is 0 Å². The van der Waals surface area contributed by atoms with Crippen molar-refractivity contribution < 1.29 is 13.6 Å². The van der Waals surface area contributed by atoms with Gasteiger partial charge in [0.2, 0.25) is 5.91 Å². The van der Waals surface area contributed by atoms with Crippen molar-refractivity contribution in [1.29, 1.82) is 0 Å². The van der Waals surface area contributed by atoms with E-state index in [0.717, 1.165) is 10.9 Å². The zero-order valence-electron chi connectivity index (χ0n) is 12.8. The Morgan fingerprint density at radius 2 is 1.96 bits per heavy atom. The van der Waals surface area contributed by atoms with E-state index in [4.69, 9.17) is 0 Å². The van der Waals surface area contributed by atoms with Gasteiger partial charge in [-0.1, -0.05) is 23.9 Å². The molecule has 0 aliphatic rings. The molecule has 0 saturated carbocycles. The van der Waals surface area contributed by atoms with Crippen molar-refractivity contribution in [1.82, 2.24) is 4.98 Å². The van der Waals surface area contributed by atoms with E-state index in [-0.39, 0.29) is 23.2 Å². The first-order chi connectivity index (χ1) is 11.5. The Kier molecular flexibility index (Phi) is 4.76. The Hall–Kier alpha value is -2.47. The topological polar surface area (TPSA) is 42.0 Å². The number of carbonyl (C=O) groups excluding carboxylic acids is 1. The number of carbonyl (C=O) groups is 1. The second-order valence-electron chi connectivity index (χ2n) is 5.26. The molecule has 0 aliphatic heterocycles. The average molecular weight is 344 g/mol. The van der Waals surface area contributed by atoms with Gasteiger partial charge < -0.3 is 5.32 Å². The normalized spacial score (nSPS) is 10.8. The molecule has 0 fully saturated rings. The maximum Gasteiger partial charge on any atom is 0.234 e. The van der Waals surface area contributed by atoms with Crippen LogP contribution in [0.2, 0.25) is 0 Å². The number of thioether (sulfide) groups is 1. The summed E-state index contributed by atoms with van der Waals surface area (Å²) in [5.41, 5.74) is 1.71. The molecule has 0 atom stereocenters. The number of benzene rings is 2. The molecule has 1 heterocycles. The Morgan fingerprint density at radius 1 is 1.17 bits per heavy atom.